The van der Waals surface area contributed by atoms with Crippen molar-refractivity contribution in [2.75, 3.05) is 17.7 Å². The van der Waals surface area contributed by atoms with Crippen LogP contribution in [0, 0.1) is 0 Å². The Kier molecular flexibility index (Phi) is 5.57. The molecule has 0 unspecified atom stereocenters. The number of carbonyl (C=O) groups is 2. The van der Waals surface area contributed by atoms with Crippen molar-refractivity contribution < 1.29 is 14.3 Å². The first-order valence-corrected chi connectivity index (χ1v) is 7.16. The van der Waals surface area contributed by atoms with Crippen LogP contribution in [0.1, 0.15) is 18.5 Å². The minimum absolute atomic E-state index is 0.118. The van der Waals surface area contributed by atoms with Crippen LogP contribution in [-0.2, 0) is 4.74 Å². The van der Waals surface area contributed by atoms with Crippen LogP contribution in [-0.4, -0.2) is 19.2 Å². The highest BCUT2D eigenvalue weighted by molar-refractivity contribution is 5.91. The maximum absolute atomic E-state index is 12.1. The third kappa shape index (κ3) is 5.03. The molecule has 0 radical (unpaired) electrons. The number of rotatable bonds is 4. The minimum atomic E-state index is -0.565. The van der Waals surface area contributed by atoms with E-state index in [9.17, 15) is 9.59 Å². The Morgan fingerprint density at radius 1 is 0.957 bits per heavy atom. The Bertz CT molecular complexity index is 674. The number of anilines is 2. The van der Waals surface area contributed by atoms with Crippen LogP contribution >= 0.6 is 0 Å². The molecule has 2 rings (SSSR count). The van der Waals surface area contributed by atoms with E-state index in [4.69, 9.17) is 0 Å². The van der Waals surface area contributed by atoms with E-state index < -0.39 is 6.09 Å². The van der Waals surface area contributed by atoms with Crippen LogP contribution in [0.5, 0.6) is 0 Å². The minimum Gasteiger partial charge on any atom is -0.453 e. The van der Waals surface area contributed by atoms with Crippen LogP contribution in [0.15, 0.2) is 54.6 Å². The standard InChI is InChI=1S/C17H19N3O3/c1-12(13-7-4-3-5-8-13)18-16(21)19-14-9-6-10-15(11-14)20-17(22)23-2/h3-12H,1-2H3,(H,20,22)(H2,18,19,21)/t12-/m1/s1. The van der Waals surface area contributed by atoms with Crippen LogP contribution < -0.4 is 16.0 Å². The topological polar surface area (TPSA) is 79.5 Å². The molecular formula is C17H19N3O3. The van der Waals surface area contributed by atoms with Crippen molar-refractivity contribution in [3.05, 3.63) is 60.2 Å². The van der Waals surface area contributed by atoms with E-state index in [1.165, 1.54) is 7.11 Å². The second-order valence-corrected chi connectivity index (χ2v) is 4.93. The lowest BCUT2D eigenvalue weighted by Crippen LogP contribution is -2.31. The fourth-order valence-corrected chi connectivity index (χ4v) is 2.03. The fourth-order valence-electron chi connectivity index (χ4n) is 2.03. The van der Waals surface area contributed by atoms with Crippen molar-refractivity contribution in [1.29, 1.82) is 0 Å². The molecule has 0 aliphatic carbocycles. The summed E-state index contributed by atoms with van der Waals surface area (Å²) >= 11 is 0. The molecule has 2 aromatic carbocycles. The number of methoxy groups -OCH3 is 1. The molecule has 6 nitrogen and oxygen atoms in total. The summed E-state index contributed by atoms with van der Waals surface area (Å²) in [5.74, 6) is 0. The number of hydrogen-bond donors (Lipinski definition) is 3. The maximum Gasteiger partial charge on any atom is 0.411 e. The first-order chi connectivity index (χ1) is 11.1. The van der Waals surface area contributed by atoms with Crippen molar-refractivity contribution >= 4 is 23.5 Å². The average Bonchev–Trinajstić information content (AvgIpc) is 2.55. The molecule has 2 aromatic rings. The summed E-state index contributed by atoms with van der Waals surface area (Å²) < 4.78 is 4.53. The highest BCUT2D eigenvalue weighted by Gasteiger charge is 2.09. The van der Waals surface area contributed by atoms with Crippen molar-refractivity contribution in [3.63, 3.8) is 0 Å². The molecule has 0 fully saturated rings. The van der Waals surface area contributed by atoms with Gasteiger partial charge in [-0.1, -0.05) is 36.4 Å². The molecule has 3 amide bonds. The van der Waals surface area contributed by atoms with Gasteiger partial charge < -0.3 is 15.4 Å². The van der Waals surface area contributed by atoms with Gasteiger partial charge in [-0.25, -0.2) is 9.59 Å². The van der Waals surface area contributed by atoms with Crippen molar-refractivity contribution in [2.24, 2.45) is 0 Å². The molecular weight excluding hydrogens is 294 g/mol. The van der Waals surface area contributed by atoms with E-state index in [-0.39, 0.29) is 12.1 Å². The summed E-state index contributed by atoms with van der Waals surface area (Å²) in [6.07, 6.45) is -0.565. The van der Waals surface area contributed by atoms with Crippen molar-refractivity contribution in [3.8, 4) is 0 Å². The molecule has 0 spiro atoms. The van der Waals surface area contributed by atoms with Gasteiger partial charge in [0.15, 0.2) is 0 Å². The SMILES string of the molecule is COC(=O)Nc1cccc(NC(=O)N[C@H](C)c2ccccc2)c1. The molecule has 0 aliphatic heterocycles. The highest BCUT2D eigenvalue weighted by atomic mass is 16.5. The number of nitrogens with one attached hydrogen (secondary N) is 3. The lowest BCUT2D eigenvalue weighted by atomic mass is 10.1. The van der Waals surface area contributed by atoms with Gasteiger partial charge in [0.2, 0.25) is 0 Å². The Balaban J connectivity index is 1.95. The van der Waals surface area contributed by atoms with Gasteiger partial charge in [-0.15, -0.1) is 0 Å². The van der Waals surface area contributed by atoms with Crippen LogP contribution in [0.4, 0.5) is 21.0 Å². The summed E-state index contributed by atoms with van der Waals surface area (Å²) in [6.45, 7) is 1.91. The van der Waals surface area contributed by atoms with E-state index in [1.807, 2.05) is 37.3 Å². The molecule has 0 saturated carbocycles. The van der Waals surface area contributed by atoms with Gasteiger partial charge >= 0.3 is 12.1 Å². The molecule has 3 N–H and O–H groups in total. The molecule has 0 aliphatic rings. The number of ether oxygens (including phenoxy) is 1. The summed E-state index contributed by atoms with van der Waals surface area (Å²) in [6, 6.07) is 16.0. The largest absolute Gasteiger partial charge is 0.453 e. The van der Waals surface area contributed by atoms with E-state index >= 15 is 0 Å². The van der Waals surface area contributed by atoms with Crippen LogP contribution in [0.3, 0.4) is 0 Å². The lowest BCUT2D eigenvalue weighted by Gasteiger charge is -2.15. The molecule has 0 saturated heterocycles. The number of carbonyl (C=O) groups excluding carboxylic acids is 2. The Morgan fingerprint density at radius 3 is 2.26 bits per heavy atom. The zero-order chi connectivity index (χ0) is 16.7. The molecule has 0 heterocycles. The van der Waals surface area contributed by atoms with Gasteiger partial charge in [0.05, 0.1) is 13.2 Å². The summed E-state index contributed by atoms with van der Waals surface area (Å²) in [5.41, 5.74) is 2.12. The summed E-state index contributed by atoms with van der Waals surface area (Å²) in [5, 5.41) is 8.13. The average molecular weight is 313 g/mol. The van der Waals surface area contributed by atoms with E-state index in [0.717, 1.165) is 5.56 Å². The number of urea groups is 1. The van der Waals surface area contributed by atoms with Crippen molar-refractivity contribution in [1.82, 2.24) is 5.32 Å². The Labute approximate surface area is 134 Å². The fraction of sp³-hybridized carbons (Fsp3) is 0.176. The lowest BCUT2D eigenvalue weighted by molar-refractivity contribution is 0.187. The Morgan fingerprint density at radius 2 is 1.61 bits per heavy atom. The summed E-state index contributed by atoms with van der Waals surface area (Å²) in [4.78, 5) is 23.2. The normalized spacial score (nSPS) is 11.2. The Hall–Kier alpha value is -3.02. The third-order valence-corrected chi connectivity index (χ3v) is 3.20. The molecule has 6 heteroatoms. The monoisotopic (exact) mass is 313 g/mol. The van der Waals surface area contributed by atoms with Crippen LogP contribution in [0.25, 0.3) is 0 Å². The zero-order valence-corrected chi connectivity index (χ0v) is 13.0. The number of hydrogen-bond acceptors (Lipinski definition) is 3. The van der Waals surface area contributed by atoms with Gasteiger partial charge in [0.25, 0.3) is 0 Å². The number of benzene rings is 2. The van der Waals surface area contributed by atoms with Gasteiger partial charge in [0.1, 0.15) is 0 Å². The summed E-state index contributed by atoms with van der Waals surface area (Å²) in [7, 11) is 1.29. The van der Waals surface area contributed by atoms with Gasteiger partial charge in [-0.2, -0.15) is 0 Å². The van der Waals surface area contributed by atoms with Gasteiger partial charge in [-0.05, 0) is 30.7 Å². The predicted molar refractivity (Wildman–Crippen MR) is 89.5 cm³/mol. The molecule has 0 aromatic heterocycles. The first-order valence-electron chi connectivity index (χ1n) is 7.16. The quantitative estimate of drug-likeness (QED) is 0.804. The smallest absolute Gasteiger partial charge is 0.411 e. The second-order valence-electron chi connectivity index (χ2n) is 4.93. The van der Waals surface area contributed by atoms with Gasteiger partial charge in [0, 0.05) is 11.4 Å². The maximum atomic E-state index is 12.1. The van der Waals surface area contributed by atoms with E-state index in [1.54, 1.807) is 24.3 Å². The zero-order valence-electron chi connectivity index (χ0n) is 13.0. The van der Waals surface area contributed by atoms with E-state index in [2.05, 4.69) is 20.7 Å². The van der Waals surface area contributed by atoms with Crippen molar-refractivity contribution in [2.45, 2.75) is 13.0 Å². The molecule has 23 heavy (non-hydrogen) atoms. The molecule has 120 valence electrons. The van der Waals surface area contributed by atoms with E-state index in [0.29, 0.717) is 11.4 Å². The third-order valence-electron chi connectivity index (χ3n) is 3.20. The van der Waals surface area contributed by atoms with Gasteiger partial charge in [-0.3, -0.25) is 5.32 Å². The first kappa shape index (κ1) is 16.4. The number of amides is 3. The second kappa shape index (κ2) is 7.84. The predicted octanol–water partition coefficient (Wildman–Crippen LogP) is 3.75. The van der Waals surface area contributed by atoms with Crippen LogP contribution in [0.2, 0.25) is 0 Å². The highest BCUT2D eigenvalue weighted by Crippen LogP contribution is 2.16. The molecule has 1 atom stereocenters. The molecule has 0 bridgehead atoms.